The minimum absolute atomic E-state index is 0.0482. The Morgan fingerprint density at radius 1 is 0.969 bits per heavy atom. The predicted octanol–water partition coefficient (Wildman–Crippen LogP) is 5.63. The standard InChI is InChI=1S/C24H24Cl2N2O3S/c1-3-18-12-14-19(15-13-18)17(2)27-23(29)16-28(22-11-7-10-21(25)24(22)26)32(30,31)20-8-5-4-6-9-20/h4-15,17H,3,16H2,1-2H3,(H,27,29)/t17-/m0/s1. The lowest BCUT2D eigenvalue weighted by molar-refractivity contribution is -0.120. The van der Waals surface area contributed by atoms with Crippen LogP contribution < -0.4 is 9.62 Å². The molecule has 5 nitrogen and oxygen atoms in total. The molecule has 0 heterocycles. The summed E-state index contributed by atoms with van der Waals surface area (Å²) in [6.07, 6.45) is 0.924. The van der Waals surface area contributed by atoms with Gasteiger partial charge >= 0.3 is 0 Å². The maximum Gasteiger partial charge on any atom is 0.264 e. The van der Waals surface area contributed by atoms with E-state index in [1.165, 1.54) is 23.8 Å². The van der Waals surface area contributed by atoms with Gasteiger partial charge in [-0.05, 0) is 48.7 Å². The average Bonchev–Trinajstić information content (AvgIpc) is 2.80. The van der Waals surface area contributed by atoms with E-state index in [1.54, 1.807) is 30.3 Å². The molecule has 0 aliphatic rings. The number of aryl methyl sites for hydroxylation is 1. The zero-order valence-corrected chi connectivity index (χ0v) is 20.1. The second-order valence-corrected chi connectivity index (χ2v) is 9.93. The van der Waals surface area contributed by atoms with Crippen molar-refractivity contribution < 1.29 is 13.2 Å². The van der Waals surface area contributed by atoms with E-state index < -0.39 is 22.5 Å². The Bertz CT molecular complexity index is 1180. The number of hydrogen-bond acceptors (Lipinski definition) is 3. The van der Waals surface area contributed by atoms with Gasteiger partial charge in [-0.1, -0.05) is 78.7 Å². The van der Waals surface area contributed by atoms with Crippen LogP contribution in [-0.2, 0) is 21.2 Å². The average molecular weight is 491 g/mol. The Morgan fingerprint density at radius 3 is 2.25 bits per heavy atom. The van der Waals surface area contributed by atoms with Crippen LogP contribution in [0.1, 0.15) is 31.0 Å². The van der Waals surface area contributed by atoms with Gasteiger partial charge in [-0.25, -0.2) is 8.42 Å². The second-order valence-electron chi connectivity index (χ2n) is 7.28. The molecule has 8 heteroatoms. The Labute approximate surface area is 199 Å². The number of halogens is 2. The van der Waals surface area contributed by atoms with Crippen LogP contribution in [0.3, 0.4) is 0 Å². The minimum atomic E-state index is -4.07. The summed E-state index contributed by atoms with van der Waals surface area (Å²) in [6, 6.07) is 20.2. The van der Waals surface area contributed by atoms with Crippen LogP contribution in [0, 0.1) is 0 Å². The van der Waals surface area contributed by atoms with Gasteiger partial charge in [-0.2, -0.15) is 0 Å². The molecule has 1 amide bonds. The number of sulfonamides is 1. The highest BCUT2D eigenvalue weighted by molar-refractivity contribution is 7.92. The molecule has 0 unspecified atom stereocenters. The third-order valence-corrected chi connectivity index (χ3v) is 7.67. The van der Waals surface area contributed by atoms with E-state index in [0.29, 0.717) is 0 Å². The summed E-state index contributed by atoms with van der Waals surface area (Å²) < 4.78 is 27.8. The molecular weight excluding hydrogens is 467 g/mol. The van der Waals surface area contributed by atoms with E-state index in [0.717, 1.165) is 16.3 Å². The first-order chi connectivity index (χ1) is 15.2. The summed E-state index contributed by atoms with van der Waals surface area (Å²) in [4.78, 5) is 13.0. The highest BCUT2D eigenvalue weighted by Crippen LogP contribution is 2.35. The van der Waals surface area contributed by atoms with Gasteiger partial charge in [0.1, 0.15) is 6.54 Å². The minimum Gasteiger partial charge on any atom is -0.348 e. The number of benzene rings is 3. The molecule has 0 bridgehead atoms. The predicted molar refractivity (Wildman–Crippen MR) is 130 cm³/mol. The van der Waals surface area contributed by atoms with Crippen molar-refractivity contribution in [1.82, 2.24) is 5.32 Å². The van der Waals surface area contributed by atoms with Crippen LogP contribution >= 0.6 is 23.2 Å². The summed E-state index contributed by atoms with van der Waals surface area (Å²) in [5.74, 6) is -0.465. The van der Waals surface area contributed by atoms with Crippen molar-refractivity contribution >= 4 is 44.8 Å². The largest absolute Gasteiger partial charge is 0.348 e. The molecule has 0 saturated heterocycles. The van der Waals surface area contributed by atoms with E-state index in [9.17, 15) is 13.2 Å². The van der Waals surface area contributed by atoms with Crippen molar-refractivity contribution in [1.29, 1.82) is 0 Å². The first-order valence-corrected chi connectivity index (χ1v) is 12.3. The Kier molecular flexibility index (Phi) is 7.82. The maximum atomic E-state index is 13.4. The zero-order chi connectivity index (χ0) is 23.3. The summed E-state index contributed by atoms with van der Waals surface area (Å²) in [6.45, 7) is 3.47. The number of carbonyl (C=O) groups excluding carboxylic acids is 1. The van der Waals surface area contributed by atoms with Gasteiger partial charge in [0.05, 0.1) is 26.7 Å². The van der Waals surface area contributed by atoms with Crippen molar-refractivity contribution in [3.05, 3.63) is 94.0 Å². The molecule has 3 rings (SSSR count). The van der Waals surface area contributed by atoms with E-state index in [4.69, 9.17) is 23.2 Å². The van der Waals surface area contributed by atoms with Crippen molar-refractivity contribution in [2.24, 2.45) is 0 Å². The Morgan fingerprint density at radius 2 is 1.62 bits per heavy atom. The lowest BCUT2D eigenvalue weighted by atomic mass is 10.1. The molecule has 32 heavy (non-hydrogen) atoms. The fraction of sp³-hybridized carbons (Fsp3) is 0.208. The summed E-state index contributed by atoms with van der Waals surface area (Å²) >= 11 is 12.5. The molecule has 0 aliphatic heterocycles. The smallest absolute Gasteiger partial charge is 0.264 e. The molecule has 0 aromatic heterocycles. The summed E-state index contributed by atoms with van der Waals surface area (Å²) in [5.41, 5.74) is 2.26. The number of nitrogens with one attached hydrogen (secondary N) is 1. The van der Waals surface area contributed by atoms with Crippen molar-refractivity contribution in [2.45, 2.75) is 31.2 Å². The zero-order valence-electron chi connectivity index (χ0n) is 17.8. The molecule has 1 N–H and O–H groups in total. The Hall–Kier alpha value is -2.54. The van der Waals surface area contributed by atoms with Crippen molar-refractivity contribution in [3.63, 3.8) is 0 Å². The molecule has 0 fully saturated rings. The monoisotopic (exact) mass is 490 g/mol. The highest BCUT2D eigenvalue weighted by Gasteiger charge is 2.29. The first-order valence-electron chi connectivity index (χ1n) is 10.1. The molecule has 0 saturated carbocycles. The van der Waals surface area contributed by atoms with Crippen LogP contribution in [0.4, 0.5) is 5.69 Å². The quantitative estimate of drug-likeness (QED) is 0.444. The fourth-order valence-electron chi connectivity index (χ4n) is 3.25. The van der Waals surface area contributed by atoms with Crippen LogP contribution in [0.2, 0.25) is 10.0 Å². The maximum absolute atomic E-state index is 13.4. The number of amides is 1. The van der Waals surface area contributed by atoms with Gasteiger partial charge in [-0.3, -0.25) is 9.10 Å². The molecule has 0 spiro atoms. The van der Waals surface area contributed by atoms with Gasteiger partial charge < -0.3 is 5.32 Å². The first kappa shape index (κ1) is 24.1. The number of nitrogens with zero attached hydrogens (tertiary/aromatic N) is 1. The van der Waals surface area contributed by atoms with Crippen LogP contribution in [0.5, 0.6) is 0 Å². The summed E-state index contributed by atoms with van der Waals surface area (Å²) in [5, 5.41) is 3.13. The molecule has 0 aliphatic carbocycles. The number of anilines is 1. The fourth-order valence-corrected chi connectivity index (χ4v) is 5.15. The molecule has 0 radical (unpaired) electrons. The van der Waals surface area contributed by atoms with E-state index >= 15 is 0 Å². The second kappa shape index (κ2) is 10.4. The van der Waals surface area contributed by atoms with Gasteiger partial charge in [-0.15, -0.1) is 0 Å². The van der Waals surface area contributed by atoms with E-state index in [2.05, 4.69) is 12.2 Å². The SMILES string of the molecule is CCc1ccc([C@H](C)NC(=O)CN(c2cccc(Cl)c2Cl)S(=O)(=O)c2ccccc2)cc1. The highest BCUT2D eigenvalue weighted by atomic mass is 35.5. The van der Waals surface area contributed by atoms with Crippen LogP contribution in [-0.4, -0.2) is 20.9 Å². The molecular formula is C24H24Cl2N2O3S. The summed E-state index contributed by atoms with van der Waals surface area (Å²) in [7, 11) is -4.07. The third-order valence-electron chi connectivity index (χ3n) is 5.08. The topological polar surface area (TPSA) is 66.5 Å². The van der Waals surface area contributed by atoms with Gasteiger partial charge in [0.25, 0.3) is 10.0 Å². The Balaban J connectivity index is 1.90. The molecule has 168 valence electrons. The lowest BCUT2D eigenvalue weighted by Gasteiger charge is -2.26. The van der Waals surface area contributed by atoms with Crippen molar-refractivity contribution in [2.75, 3.05) is 10.8 Å². The van der Waals surface area contributed by atoms with E-state index in [-0.39, 0.29) is 26.7 Å². The molecule has 1 atom stereocenters. The molecule has 3 aromatic carbocycles. The number of carbonyl (C=O) groups is 1. The third kappa shape index (κ3) is 5.44. The number of hydrogen-bond donors (Lipinski definition) is 1. The van der Waals surface area contributed by atoms with Gasteiger partial charge in [0, 0.05) is 0 Å². The van der Waals surface area contributed by atoms with Gasteiger partial charge in [0.15, 0.2) is 0 Å². The molecule has 3 aromatic rings. The van der Waals surface area contributed by atoms with Crippen molar-refractivity contribution in [3.8, 4) is 0 Å². The van der Waals surface area contributed by atoms with Crippen LogP contribution in [0.15, 0.2) is 77.7 Å². The van der Waals surface area contributed by atoms with Crippen LogP contribution in [0.25, 0.3) is 0 Å². The normalized spacial score (nSPS) is 12.2. The number of rotatable bonds is 8. The lowest BCUT2D eigenvalue weighted by Crippen LogP contribution is -2.41. The van der Waals surface area contributed by atoms with E-state index in [1.807, 2.05) is 31.2 Å². The van der Waals surface area contributed by atoms with Gasteiger partial charge in [0.2, 0.25) is 5.91 Å².